The van der Waals surface area contributed by atoms with Crippen molar-refractivity contribution in [1.29, 1.82) is 0 Å². The number of aliphatic hydroxyl groups is 2. The number of hydrogen-bond acceptors (Lipinski definition) is 7. The van der Waals surface area contributed by atoms with Crippen LogP contribution in [0.15, 0.2) is 66.7 Å². The molecule has 1 aliphatic carbocycles. The zero-order valence-corrected chi connectivity index (χ0v) is 19.4. The van der Waals surface area contributed by atoms with Gasteiger partial charge in [0, 0.05) is 18.1 Å². The first-order chi connectivity index (χ1) is 16.8. The fourth-order valence-corrected chi connectivity index (χ4v) is 5.73. The zero-order valence-electron chi connectivity index (χ0n) is 19.4. The molecule has 0 spiro atoms. The third-order valence-corrected chi connectivity index (χ3v) is 7.20. The van der Waals surface area contributed by atoms with Crippen molar-refractivity contribution in [3.8, 4) is 17.2 Å². The van der Waals surface area contributed by atoms with E-state index in [2.05, 4.69) is 0 Å². The number of esters is 1. The van der Waals surface area contributed by atoms with E-state index in [1.807, 2.05) is 6.07 Å². The number of methoxy groups -OCH3 is 3. The lowest BCUT2D eigenvalue weighted by molar-refractivity contribution is -0.161. The summed E-state index contributed by atoms with van der Waals surface area (Å²) in [5, 5.41) is 24.0. The Morgan fingerprint density at radius 1 is 0.971 bits per heavy atom. The number of halogens is 1. The lowest BCUT2D eigenvalue weighted by atomic mass is 9.70. The largest absolute Gasteiger partial charge is 0.497 e. The molecule has 3 aromatic carbocycles. The molecule has 2 aliphatic rings. The highest BCUT2D eigenvalue weighted by atomic mass is 19.1. The SMILES string of the molecule is COC(=O)[C@H]1[C@@H](O)[C@@]2(O)c3c(F)cc(OC)cc3O[C@@]2(c2ccc(OC)cc2)[C@@H]1c1ccccc1. The Hall–Kier alpha value is -3.62. The second-order valence-electron chi connectivity index (χ2n) is 8.70. The molecule has 0 aromatic heterocycles. The van der Waals surface area contributed by atoms with Crippen molar-refractivity contribution in [2.24, 2.45) is 5.92 Å². The maximum Gasteiger partial charge on any atom is 0.312 e. The first-order valence-corrected chi connectivity index (χ1v) is 11.1. The number of fused-ring (bicyclic) bond motifs is 3. The summed E-state index contributed by atoms with van der Waals surface area (Å²) < 4.78 is 37.6. The Labute approximate surface area is 201 Å². The van der Waals surface area contributed by atoms with Crippen molar-refractivity contribution in [2.75, 3.05) is 21.3 Å². The summed E-state index contributed by atoms with van der Waals surface area (Å²) in [5.74, 6) is -3.02. The van der Waals surface area contributed by atoms with Crippen LogP contribution in [0.2, 0.25) is 0 Å². The van der Waals surface area contributed by atoms with Crippen LogP contribution in [0.3, 0.4) is 0 Å². The number of carbonyl (C=O) groups excluding carboxylic acids is 1. The third-order valence-electron chi connectivity index (χ3n) is 7.20. The molecule has 35 heavy (non-hydrogen) atoms. The quantitative estimate of drug-likeness (QED) is 0.542. The van der Waals surface area contributed by atoms with Crippen LogP contribution in [-0.2, 0) is 20.7 Å². The first kappa shape index (κ1) is 23.1. The standard InChI is InChI=1S/C27H25FO7/c1-32-17-11-9-16(10-12-17)27-22(15-7-5-4-6-8-15)21(25(30)34-3)24(29)26(27,31)23-19(28)13-18(33-2)14-20(23)35-27/h4-14,21-22,24,29,31H,1-3H3/t21-,22-,24-,26+,27+/m1/s1. The Morgan fingerprint density at radius 2 is 1.63 bits per heavy atom. The molecule has 0 saturated heterocycles. The van der Waals surface area contributed by atoms with E-state index in [1.165, 1.54) is 27.4 Å². The number of ether oxygens (including phenoxy) is 4. The minimum atomic E-state index is -2.34. The molecule has 8 heteroatoms. The van der Waals surface area contributed by atoms with Crippen molar-refractivity contribution in [3.63, 3.8) is 0 Å². The molecule has 5 atom stereocenters. The normalized spacial score (nSPS) is 28.6. The van der Waals surface area contributed by atoms with Gasteiger partial charge in [0.2, 0.25) is 0 Å². The molecule has 1 heterocycles. The van der Waals surface area contributed by atoms with Crippen LogP contribution >= 0.6 is 0 Å². The summed E-state index contributed by atoms with van der Waals surface area (Å²) in [6, 6.07) is 18.2. The molecule has 1 saturated carbocycles. The molecule has 2 N–H and O–H groups in total. The van der Waals surface area contributed by atoms with E-state index in [4.69, 9.17) is 18.9 Å². The first-order valence-electron chi connectivity index (χ1n) is 11.1. The molecule has 7 nitrogen and oxygen atoms in total. The fraction of sp³-hybridized carbons (Fsp3) is 0.296. The maximum absolute atomic E-state index is 15.6. The van der Waals surface area contributed by atoms with Gasteiger partial charge in [0.05, 0.1) is 32.8 Å². The Balaban J connectivity index is 1.87. The molecule has 0 unspecified atom stereocenters. The van der Waals surface area contributed by atoms with E-state index in [9.17, 15) is 15.0 Å². The van der Waals surface area contributed by atoms with Gasteiger partial charge in [0.25, 0.3) is 0 Å². The summed E-state index contributed by atoms with van der Waals surface area (Å²) in [6.45, 7) is 0. The molecule has 0 radical (unpaired) electrons. The van der Waals surface area contributed by atoms with Crippen LogP contribution in [0, 0.1) is 11.7 Å². The minimum absolute atomic E-state index is 0.0171. The number of hydrogen-bond donors (Lipinski definition) is 2. The van der Waals surface area contributed by atoms with Crippen molar-refractivity contribution >= 4 is 5.97 Å². The summed E-state index contributed by atoms with van der Waals surface area (Å²) in [7, 11) is 4.11. The third kappa shape index (κ3) is 3.00. The highest BCUT2D eigenvalue weighted by molar-refractivity contribution is 5.78. The van der Waals surface area contributed by atoms with E-state index in [1.54, 1.807) is 48.5 Å². The smallest absolute Gasteiger partial charge is 0.312 e. The lowest BCUT2D eigenvalue weighted by Gasteiger charge is -2.40. The number of rotatable bonds is 5. The molecule has 182 valence electrons. The van der Waals surface area contributed by atoms with Gasteiger partial charge in [-0.15, -0.1) is 0 Å². The van der Waals surface area contributed by atoms with Gasteiger partial charge in [-0.25, -0.2) is 4.39 Å². The highest BCUT2D eigenvalue weighted by Crippen LogP contribution is 2.69. The van der Waals surface area contributed by atoms with Gasteiger partial charge >= 0.3 is 5.97 Å². The molecular weight excluding hydrogens is 455 g/mol. The van der Waals surface area contributed by atoms with Gasteiger partial charge in [0.1, 0.15) is 29.2 Å². The summed E-state index contributed by atoms with van der Waals surface area (Å²) in [4.78, 5) is 13.1. The van der Waals surface area contributed by atoms with E-state index in [0.717, 1.165) is 6.07 Å². The van der Waals surface area contributed by atoms with Crippen LogP contribution in [0.25, 0.3) is 0 Å². The topological polar surface area (TPSA) is 94.5 Å². The van der Waals surface area contributed by atoms with Gasteiger partial charge in [-0.3, -0.25) is 4.79 Å². The highest BCUT2D eigenvalue weighted by Gasteiger charge is 2.78. The Kier molecular flexibility index (Phi) is 5.45. The molecule has 0 amide bonds. The molecular formula is C27H25FO7. The van der Waals surface area contributed by atoms with Crippen molar-refractivity contribution in [3.05, 3.63) is 89.2 Å². The predicted molar refractivity (Wildman–Crippen MR) is 123 cm³/mol. The molecule has 3 aromatic rings. The van der Waals surface area contributed by atoms with Crippen LogP contribution in [0.5, 0.6) is 17.2 Å². The number of benzene rings is 3. The van der Waals surface area contributed by atoms with E-state index >= 15 is 4.39 Å². The molecule has 1 fully saturated rings. The predicted octanol–water partition coefficient (Wildman–Crippen LogP) is 3.27. The van der Waals surface area contributed by atoms with Crippen molar-refractivity contribution in [2.45, 2.75) is 23.2 Å². The van der Waals surface area contributed by atoms with Crippen LogP contribution in [0.1, 0.15) is 22.6 Å². The van der Waals surface area contributed by atoms with Gasteiger partial charge in [-0.1, -0.05) is 42.5 Å². The summed E-state index contributed by atoms with van der Waals surface area (Å²) >= 11 is 0. The monoisotopic (exact) mass is 480 g/mol. The average Bonchev–Trinajstić information content (AvgIpc) is 3.26. The van der Waals surface area contributed by atoms with Crippen molar-refractivity contribution < 1.29 is 38.3 Å². The summed E-state index contributed by atoms with van der Waals surface area (Å²) in [6.07, 6.45) is -1.76. The van der Waals surface area contributed by atoms with Gasteiger partial charge in [-0.05, 0) is 23.3 Å². The number of aliphatic hydroxyl groups excluding tert-OH is 1. The minimum Gasteiger partial charge on any atom is -0.497 e. The lowest BCUT2D eigenvalue weighted by Crippen LogP contribution is -2.52. The van der Waals surface area contributed by atoms with E-state index in [-0.39, 0.29) is 17.1 Å². The van der Waals surface area contributed by atoms with Crippen LogP contribution < -0.4 is 14.2 Å². The zero-order chi connectivity index (χ0) is 25.0. The second-order valence-corrected chi connectivity index (χ2v) is 8.70. The fourth-order valence-electron chi connectivity index (χ4n) is 5.73. The molecule has 1 aliphatic heterocycles. The van der Waals surface area contributed by atoms with Gasteiger partial charge in [0.15, 0.2) is 11.2 Å². The van der Waals surface area contributed by atoms with Crippen LogP contribution in [-0.4, -0.2) is 43.6 Å². The second kappa shape index (κ2) is 8.25. The van der Waals surface area contributed by atoms with Crippen molar-refractivity contribution in [1.82, 2.24) is 0 Å². The molecule has 0 bridgehead atoms. The summed E-state index contributed by atoms with van der Waals surface area (Å²) in [5.41, 5.74) is -3.33. The van der Waals surface area contributed by atoms with E-state index in [0.29, 0.717) is 16.9 Å². The average molecular weight is 480 g/mol. The van der Waals surface area contributed by atoms with E-state index < -0.39 is 40.9 Å². The van der Waals surface area contributed by atoms with Crippen LogP contribution in [0.4, 0.5) is 4.39 Å². The Morgan fingerprint density at radius 3 is 2.23 bits per heavy atom. The van der Waals surface area contributed by atoms with Gasteiger partial charge in [-0.2, -0.15) is 0 Å². The van der Waals surface area contributed by atoms with Gasteiger partial charge < -0.3 is 29.2 Å². The number of carbonyl (C=O) groups is 1. The maximum atomic E-state index is 15.6. The molecule has 5 rings (SSSR count). The Bertz CT molecular complexity index is 1260.